The third-order valence-electron chi connectivity index (χ3n) is 2.06. The Labute approximate surface area is 115 Å². The summed E-state index contributed by atoms with van der Waals surface area (Å²) in [6.07, 6.45) is 0.125. The maximum Gasteiger partial charge on any atom is 0.303 e. The molecule has 1 rings (SSSR count). The van der Waals surface area contributed by atoms with Crippen molar-refractivity contribution in [2.24, 2.45) is 0 Å². The minimum Gasteiger partial charge on any atom is -0.481 e. The van der Waals surface area contributed by atoms with Crippen molar-refractivity contribution >= 4 is 39.2 Å². The molecular formula is C10H11Cl2NO4S. The maximum absolute atomic E-state index is 11.8. The van der Waals surface area contributed by atoms with Crippen LogP contribution < -0.4 is 4.72 Å². The van der Waals surface area contributed by atoms with Gasteiger partial charge in [0.1, 0.15) is 0 Å². The molecule has 0 fully saturated rings. The number of hydrogen-bond donors (Lipinski definition) is 2. The average molecular weight is 312 g/mol. The van der Waals surface area contributed by atoms with E-state index in [2.05, 4.69) is 4.72 Å². The Morgan fingerprint density at radius 2 is 1.94 bits per heavy atom. The van der Waals surface area contributed by atoms with Gasteiger partial charge in [0, 0.05) is 13.0 Å². The van der Waals surface area contributed by atoms with Crippen LogP contribution in [0.1, 0.15) is 12.8 Å². The number of hydrogen-bond acceptors (Lipinski definition) is 3. The summed E-state index contributed by atoms with van der Waals surface area (Å²) in [5, 5.41) is 8.83. The van der Waals surface area contributed by atoms with Crippen molar-refractivity contribution in [1.82, 2.24) is 4.72 Å². The molecule has 0 aliphatic carbocycles. The summed E-state index contributed by atoms with van der Waals surface area (Å²) in [7, 11) is -3.68. The number of rotatable bonds is 6. The fourth-order valence-electron chi connectivity index (χ4n) is 1.17. The van der Waals surface area contributed by atoms with Crippen LogP contribution in [0.3, 0.4) is 0 Å². The number of carboxylic acid groups (broad SMARTS) is 1. The fraction of sp³-hybridized carbons (Fsp3) is 0.300. The normalized spacial score (nSPS) is 11.4. The van der Waals surface area contributed by atoms with Crippen LogP contribution in [-0.4, -0.2) is 26.0 Å². The summed E-state index contributed by atoms with van der Waals surface area (Å²) < 4.78 is 25.8. The zero-order valence-corrected chi connectivity index (χ0v) is 11.5. The summed E-state index contributed by atoms with van der Waals surface area (Å²) in [6, 6.07) is 3.95. The fourth-order valence-corrected chi connectivity index (χ4v) is 2.64. The summed E-state index contributed by atoms with van der Waals surface area (Å²) in [6.45, 7) is 0.0505. The summed E-state index contributed by atoms with van der Waals surface area (Å²) >= 11 is 11.4. The molecule has 0 aliphatic heterocycles. The molecule has 0 unspecified atom stereocenters. The van der Waals surface area contributed by atoms with Crippen molar-refractivity contribution in [2.45, 2.75) is 17.7 Å². The van der Waals surface area contributed by atoms with E-state index in [0.717, 1.165) is 0 Å². The van der Waals surface area contributed by atoms with Crippen LogP contribution in [0.4, 0.5) is 0 Å². The van der Waals surface area contributed by atoms with E-state index < -0.39 is 16.0 Å². The van der Waals surface area contributed by atoms with Gasteiger partial charge in [-0.25, -0.2) is 13.1 Å². The van der Waals surface area contributed by atoms with Crippen LogP contribution in [0.5, 0.6) is 0 Å². The van der Waals surface area contributed by atoms with Crippen LogP contribution in [0.2, 0.25) is 10.0 Å². The molecule has 0 spiro atoms. The lowest BCUT2D eigenvalue weighted by Gasteiger charge is -2.06. The highest BCUT2D eigenvalue weighted by atomic mass is 35.5. The minimum atomic E-state index is -3.68. The van der Waals surface area contributed by atoms with E-state index in [0.29, 0.717) is 0 Å². The van der Waals surface area contributed by atoms with Gasteiger partial charge in [-0.1, -0.05) is 23.2 Å². The molecule has 1 aromatic carbocycles. The molecule has 0 saturated heterocycles. The van der Waals surface area contributed by atoms with Crippen LogP contribution in [0.25, 0.3) is 0 Å². The second kappa shape index (κ2) is 6.38. The van der Waals surface area contributed by atoms with Gasteiger partial charge in [0.05, 0.1) is 14.9 Å². The summed E-state index contributed by atoms with van der Waals surface area (Å²) in [5.74, 6) is -0.969. The number of nitrogens with one attached hydrogen (secondary N) is 1. The molecule has 8 heteroatoms. The van der Waals surface area contributed by atoms with Crippen molar-refractivity contribution in [3.05, 3.63) is 28.2 Å². The van der Waals surface area contributed by atoms with Crippen LogP contribution in [-0.2, 0) is 14.8 Å². The SMILES string of the molecule is O=C(O)CCCNS(=O)(=O)c1ccc(Cl)c(Cl)c1. The second-order valence-corrected chi connectivity index (χ2v) is 6.05. The van der Waals surface area contributed by atoms with E-state index in [1.54, 1.807) is 0 Å². The molecule has 18 heavy (non-hydrogen) atoms. The average Bonchev–Trinajstić information content (AvgIpc) is 2.28. The van der Waals surface area contributed by atoms with E-state index in [-0.39, 0.29) is 34.3 Å². The molecule has 0 radical (unpaired) electrons. The zero-order chi connectivity index (χ0) is 13.8. The molecule has 2 N–H and O–H groups in total. The van der Waals surface area contributed by atoms with Gasteiger partial charge >= 0.3 is 5.97 Å². The molecule has 0 aliphatic rings. The van der Waals surface area contributed by atoms with E-state index in [9.17, 15) is 13.2 Å². The molecule has 0 saturated carbocycles. The first-order valence-corrected chi connectivity index (χ1v) is 7.23. The zero-order valence-electron chi connectivity index (χ0n) is 9.19. The monoisotopic (exact) mass is 311 g/mol. The predicted molar refractivity (Wildman–Crippen MR) is 68.5 cm³/mol. The van der Waals surface area contributed by atoms with E-state index >= 15 is 0 Å². The molecule has 0 amide bonds. The Kier molecular flexibility index (Phi) is 5.40. The molecule has 0 atom stereocenters. The minimum absolute atomic E-state index is 0.00720. The summed E-state index contributed by atoms with van der Waals surface area (Å²) in [4.78, 5) is 10.3. The van der Waals surface area contributed by atoms with E-state index in [1.807, 2.05) is 0 Å². The molecule has 0 bridgehead atoms. The first-order valence-electron chi connectivity index (χ1n) is 4.99. The first-order chi connectivity index (χ1) is 8.33. The van der Waals surface area contributed by atoms with Crippen LogP contribution in [0, 0.1) is 0 Å². The highest BCUT2D eigenvalue weighted by molar-refractivity contribution is 7.89. The number of sulfonamides is 1. The van der Waals surface area contributed by atoms with Gasteiger partial charge in [0.15, 0.2) is 0 Å². The van der Waals surface area contributed by atoms with E-state index in [1.165, 1.54) is 18.2 Å². The Hall–Kier alpha value is -0.820. The largest absolute Gasteiger partial charge is 0.481 e. The van der Waals surface area contributed by atoms with Gasteiger partial charge in [-0.2, -0.15) is 0 Å². The van der Waals surface area contributed by atoms with E-state index in [4.69, 9.17) is 28.3 Å². The molecule has 5 nitrogen and oxygen atoms in total. The van der Waals surface area contributed by atoms with Crippen molar-refractivity contribution in [3.8, 4) is 0 Å². The molecule has 1 aromatic rings. The topological polar surface area (TPSA) is 83.5 Å². The van der Waals surface area contributed by atoms with Crippen molar-refractivity contribution in [3.63, 3.8) is 0 Å². The smallest absolute Gasteiger partial charge is 0.303 e. The quantitative estimate of drug-likeness (QED) is 0.788. The Morgan fingerprint density at radius 3 is 2.50 bits per heavy atom. The van der Waals surface area contributed by atoms with Gasteiger partial charge in [-0.05, 0) is 24.6 Å². The molecule has 0 aromatic heterocycles. The second-order valence-electron chi connectivity index (χ2n) is 3.47. The lowest BCUT2D eigenvalue weighted by atomic mass is 10.3. The number of aliphatic carboxylic acids is 1. The number of carbonyl (C=O) groups is 1. The van der Waals surface area contributed by atoms with Crippen LogP contribution >= 0.6 is 23.2 Å². The lowest BCUT2D eigenvalue weighted by Crippen LogP contribution is -2.25. The van der Waals surface area contributed by atoms with Gasteiger partial charge in [0.25, 0.3) is 0 Å². The standard InChI is InChI=1S/C10H11Cl2NO4S/c11-8-4-3-7(6-9(8)12)18(16,17)13-5-1-2-10(14)15/h3-4,6,13H,1-2,5H2,(H,14,15). The Bertz CT molecular complexity index is 545. The highest BCUT2D eigenvalue weighted by Gasteiger charge is 2.14. The van der Waals surface area contributed by atoms with Crippen molar-refractivity contribution in [2.75, 3.05) is 6.54 Å². The molecule has 0 heterocycles. The number of halogens is 2. The third kappa shape index (κ3) is 4.45. The Balaban J connectivity index is 2.68. The lowest BCUT2D eigenvalue weighted by molar-refractivity contribution is -0.137. The third-order valence-corrected chi connectivity index (χ3v) is 4.26. The first kappa shape index (κ1) is 15.2. The number of benzene rings is 1. The van der Waals surface area contributed by atoms with Gasteiger partial charge in [-0.15, -0.1) is 0 Å². The summed E-state index contributed by atoms with van der Waals surface area (Å²) in [5.41, 5.74) is 0. The predicted octanol–water partition coefficient (Wildman–Crippen LogP) is 2.14. The van der Waals surface area contributed by atoms with Gasteiger partial charge < -0.3 is 5.11 Å². The highest BCUT2D eigenvalue weighted by Crippen LogP contribution is 2.24. The van der Waals surface area contributed by atoms with Crippen LogP contribution in [0.15, 0.2) is 23.1 Å². The molecular weight excluding hydrogens is 301 g/mol. The molecule has 100 valence electrons. The number of carboxylic acids is 1. The van der Waals surface area contributed by atoms with Gasteiger partial charge in [-0.3, -0.25) is 4.79 Å². The van der Waals surface area contributed by atoms with Gasteiger partial charge in [0.2, 0.25) is 10.0 Å². The van der Waals surface area contributed by atoms with Crippen molar-refractivity contribution < 1.29 is 18.3 Å². The maximum atomic E-state index is 11.8. The van der Waals surface area contributed by atoms with Crippen molar-refractivity contribution in [1.29, 1.82) is 0 Å². The Morgan fingerprint density at radius 1 is 1.28 bits per heavy atom.